The summed E-state index contributed by atoms with van der Waals surface area (Å²) in [6.45, 7) is 3.78. The predicted octanol–water partition coefficient (Wildman–Crippen LogP) is 1.60. The maximum absolute atomic E-state index is 11.4. The van der Waals surface area contributed by atoms with Crippen LogP contribution in [0.1, 0.15) is 0 Å². The van der Waals surface area contributed by atoms with E-state index in [1.807, 2.05) is 0 Å². The van der Waals surface area contributed by atoms with E-state index >= 15 is 0 Å². The molecule has 0 aromatic heterocycles. The molecule has 0 aliphatic heterocycles. The summed E-state index contributed by atoms with van der Waals surface area (Å²) in [5.41, 5.74) is -0.269. The number of anilines is 1. The van der Waals surface area contributed by atoms with Crippen LogP contribution in [0, 0.1) is 10.1 Å². The van der Waals surface area contributed by atoms with Crippen molar-refractivity contribution in [2.45, 2.75) is 4.90 Å². The summed E-state index contributed by atoms with van der Waals surface area (Å²) in [5, 5.41) is 13.7. The first-order valence-electron chi connectivity index (χ1n) is 4.70. The lowest BCUT2D eigenvalue weighted by Gasteiger charge is -2.07. The van der Waals surface area contributed by atoms with Gasteiger partial charge in [-0.15, -0.1) is 6.58 Å². The fourth-order valence-electron chi connectivity index (χ4n) is 1.33. The Morgan fingerprint density at radius 2 is 2.18 bits per heavy atom. The number of benzene rings is 1. The molecule has 1 aromatic rings. The fourth-order valence-corrected chi connectivity index (χ4v) is 2.20. The third-order valence-corrected chi connectivity index (χ3v) is 3.15. The van der Waals surface area contributed by atoms with Crippen LogP contribution in [0.5, 0.6) is 0 Å². The second-order valence-corrected chi connectivity index (χ2v) is 5.34. The molecule has 92 valence electrons. The number of nitro benzene ring substituents is 1. The number of para-hydroxylation sites is 1. The lowest BCUT2D eigenvalue weighted by atomic mass is 10.2. The summed E-state index contributed by atoms with van der Waals surface area (Å²) in [6.07, 6.45) is 2.46. The van der Waals surface area contributed by atoms with Gasteiger partial charge < -0.3 is 5.32 Å². The molecule has 0 heterocycles. The molecule has 1 aromatic carbocycles. The highest BCUT2D eigenvalue weighted by atomic mass is 32.2. The summed E-state index contributed by atoms with van der Waals surface area (Å²) in [6, 6.07) is 4.12. The molecule has 0 radical (unpaired) electrons. The third kappa shape index (κ3) is 3.04. The van der Waals surface area contributed by atoms with Crippen LogP contribution in [-0.4, -0.2) is 26.1 Å². The molecule has 17 heavy (non-hydrogen) atoms. The zero-order valence-electron chi connectivity index (χ0n) is 9.21. The van der Waals surface area contributed by atoms with Crippen molar-refractivity contribution >= 4 is 21.2 Å². The van der Waals surface area contributed by atoms with E-state index in [0.717, 1.165) is 6.26 Å². The fraction of sp³-hybridized carbons (Fsp3) is 0.200. The van der Waals surface area contributed by atoms with Gasteiger partial charge >= 0.3 is 5.69 Å². The zero-order chi connectivity index (χ0) is 13.1. The normalized spacial score (nSPS) is 10.9. The molecular formula is C10H12N2O4S. The number of hydrogen-bond acceptors (Lipinski definition) is 5. The maximum Gasteiger partial charge on any atom is 0.310 e. The van der Waals surface area contributed by atoms with E-state index in [0.29, 0.717) is 6.54 Å². The number of rotatable bonds is 5. The van der Waals surface area contributed by atoms with Gasteiger partial charge in [0.25, 0.3) is 0 Å². The monoisotopic (exact) mass is 256 g/mol. The second kappa shape index (κ2) is 4.96. The smallest absolute Gasteiger partial charge is 0.310 e. The van der Waals surface area contributed by atoms with Gasteiger partial charge in [0.1, 0.15) is 10.6 Å². The van der Waals surface area contributed by atoms with E-state index < -0.39 is 20.4 Å². The van der Waals surface area contributed by atoms with E-state index in [9.17, 15) is 18.5 Å². The van der Waals surface area contributed by atoms with Gasteiger partial charge in [-0.25, -0.2) is 8.42 Å². The van der Waals surface area contributed by atoms with Crippen LogP contribution >= 0.6 is 0 Å². The van der Waals surface area contributed by atoms with E-state index in [1.165, 1.54) is 24.3 Å². The zero-order valence-corrected chi connectivity index (χ0v) is 10.0. The van der Waals surface area contributed by atoms with Crippen molar-refractivity contribution in [2.24, 2.45) is 0 Å². The van der Waals surface area contributed by atoms with E-state index in [-0.39, 0.29) is 10.6 Å². The molecule has 0 bridgehead atoms. The molecular weight excluding hydrogens is 244 g/mol. The highest BCUT2D eigenvalue weighted by molar-refractivity contribution is 7.90. The van der Waals surface area contributed by atoms with Crippen LogP contribution < -0.4 is 5.32 Å². The third-order valence-electron chi connectivity index (χ3n) is 2.02. The molecule has 0 saturated heterocycles. The van der Waals surface area contributed by atoms with Crippen molar-refractivity contribution in [3.8, 4) is 0 Å². The number of sulfone groups is 1. The van der Waals surface area contributed by atoms with Crippen molar-refractivity contribution in [1.82, 2.24) is 0 Å². The van der Waals surface area contributed by atoms with Crippen LogP contribution in [-0.2, 0) is 9.84 Å². The minimum absolute atomic E-state index is 0.165. The molecule has 0 fully saturated rings. The van der Waals surface area contributed by atoms with Crippen molar-refractivity contribution in [2.75, 3.05) is 18.1 Å². The van der Waals surface area contributed by atoms with E-state index in [1.54, 1.807) is 0 Å². The van der Waals surface area contributed by atoms with Crippen LogP contribution in [0.15, 0.2) is 35.7 Å². The first-order valence-corrected chi connectivity index (χ1v) is 6.59. The SMILES string of the molecule is C=CCNc1cccc(S(C)(=O)=O)c1[N+](=O)[O-]. The Morgan fingerprint density at radius 3 is 2.65 bits per heavy atom. The van der Waals surface area contributed by atoms with Gasteiger partial charge in [-0.3, -0.25) is 10.1 Å². The topological polar surface area (TPSA) is 89.3 Å². The van der Waals surface area contributed by atoms with Crippen molar-refractivity contribution in [3.05, 3.63) is 41.0 Å². The number of nitro groups is 1. The average molecular weight is 256 g/mol. The highest BCUT2D eigenvalue weighted by Crippen LogP contribution is 2.31. The van der Waals surface area contributed by atoms with Gasteiger partial charge in [0.05, 0.1) is 4.92 Å². The largest absolute Gasteiger partial charge is 0.376 e. The molecule has 1 rings (SSSR count). The molecule has 0 aliphatic carbocycles. The molecule has 7 heteroatoms. The molecule has 0 saturated carbocycles. The molecule has 1 N–H and O–H groups in total. The van der Waals surface area contributed by atoms with Gasteiger partial charge in [0.15, 0.2) is 9.84 Å². The van der Waals surface area contributed by atoms with Gasteiger partial charge in [0.2, 0.25) is 0 Å². The Hall–Kier alpha value is -1.89. The quantitative estimate of drug-likeness (QED) is 0.491. The molecule has 0 amide bonds. The molecule has 0 atom stereocenters. The van der Waals surface area contributed by atoms with Crippen LogP contribution in [0.2, 0.25) is 0 Å². The lowest BCUT2D eigenvalue weighted by Crippen LogP contribution is -2.07. The minimum atomic E-state index is -3.63. The highest BCUT2D eigenvalue weighted by Gasteiger charge is 2.25. The van der Waals surface area contributed by atoms with Crippen LogP contribution in [0.25, 0.3) is 0 Å². The Morgan fingerprint density at radius 1 is 1.53 bits per heavy atom. The molecule has 6 nitrogen and oxygen atoms in total. The summed E-state index contributed by atoms with van der Waals surface area (Å²) < 4.78 is 22.9. The Kier molecular flexibility index (Phi) is 3.84. The Bertz CT molecular complexity index is 551. The van der Waals surface area contributed by atoms with Gasteiger partial charge in [-0.1, -0.05) is 12.1 Å². The average Bonchev–Trinajstić information content (AvgIpc) is 2.24. The Balaban J connectivity index is 3.43. The number of nitrogens with one attached hydrogen (secondary N) is 1. The first kappa shape index (κ1) is 13.2. The second-order valence-electron chi connectivity index (χ2n) is 3.35. The number of hydrogen-bond donors (Lipinski definition) is 1. The molecule has 0 unspecified atom stereocenters. The van der Waals surface area contributed by atoms with Crippen LogP contribution in [0.4, 0.5) is 11.4 Å². The number of nitrogens with zero attached hydrogens (tertiary/aromatic N) is 1. The van der Waals surface area contributed by atoms with Gasteiger partial charge in [-0.2, -0.15) is 0 Å². The molecule has 0 aliphatic rings. The van der Waals surface area contributed by atoms with Crippen molar-refractivity contribution in [1.29, 1.82) is 0 Å². The summed E-state index contributed by atoms with van der Waals surface area (Å²) >= 11 is 0. The first-order chi connectivity index (χ1) is 7.88. The van der Waals surface area contributed by atoms with E-state index in [2.05, 4.69) is 11.9 Å². The van der Waals surface area contributed by atoms with E-state index in [4.69, 9.17) is 0 Å². The Labute approximate surface area is 99.0 Å². The van der Waals surface area contributed by atoms with Crippen molar-refractivity contribution in [3.63, 3.8) is 0 Å². The summed E-state index contributed by atoms with van der Waals surface area (Å²) in [7, 11) is -3.63. The molecule has 0 spiro atoms. The summed E-state index contributed by atoms with van der Waals surface area (Å²) in [5.74, 6) is 0. The maximum atomic E-state index is 11.4. The van der Waals surface area contributed by atoms with Crippen LogP contribution in [0.3, 0.4) is 0 Å². The standard InChI is InChI=1S/C10H12N2O4S/c1-3-7-11-8-5-4-6-9(17(2,15)16)10(8)12(13)14/h3-6,11H,1,7H2,2H3. The minimum Gasteiger partial charge on any atom is -0.376 e. The predicted molar refractivity (Wildman–Crippen MR) is 64.9 cm³/mol. The van der Waals surface area contributed by atoms with Gasteiger partial charge in [0, 0.05) is 12.8 Å². The lowest BCUT2D eigenvalue weighted by molar-refractivity contribution is -0.386. The van der Waals surface area contributed by atoms with Crippen molar-refractivity contribution < 1.29 is 13.3 Å². The van der Waals surface area contributed by atoms with Gasteiger partial charge in [-0.05, 0) is 12.1 Å². The summed E-state index contributed by atoms with van der Waals surface area (Å²) in [4.78, 5) is 9.93.